The lowest BCUT2D eigenvalue weighted by atomic mass is 9.80. The van der Waals surface area contributed by atoms with Gasteiger partial charge in [-0.15, -0.1) is 11.6 Å². The van der Waals surface area contributed by atoms with Crippen molar-refractivity contribution >= 4 is 17.5 Å². The van der Waals surface area contributed by atoms with Crippen molar-refractivity contribution in [2.24, 2.45) is 0 Å². The fraction of sp³-hybridized carbons (Fsp3) is 0.909. The number of hydrogen-bond donors (Lipinski definition) is 0. The predicted molar refractivity (Wildman–Crippen MR) is 59.6 cm³/mol. The van der Waals surface area contributed by atoms with E-state index < -0.39 is 0 Å². The third-order valence-corrected chi connectivity index (χ3v) is 3.38. The Hall–Kier alpha value is -0.240. The van der Waals surface area contributed by atoms with E-state index >= 15 is 0 Å². The predicted octanol–water partition coefficient (Wildman–Crippen LogP) is 2.79. The molecule has 0 atom stereocenters. The van der Waals surface area contributed by atoms with Crippen molar-refractivity contribution in [2.45, 2.75) is 58.0 Å². The molecule has 3 heteroatoms. The summed E-state index contributed by atoms with van der Waals surface area (Å²) in [6.07, 6.45) is 3.32. The van der Waals surface area contributed by atoms with E-state index in [1.165, 1.54) is 6.42 Å². The first-order valence-electron chi connectivity index (χ1n) is 5.20. The molecule has 14 heavy (non-hydrogen) atoms. The fourth-order valence-electron chi connectivity index (χ4n) is 2.73. The Balaban J connectivity index is 2.97. The van der Waals surface area contributed by atoms with Crippen molar-refractivity contribution < 1.29 is 4.79 Å². The lowest BCUT2D eigenvalue weighted by Crippen LogP contribution is -2.61. The first kappa shape index (κ1) is 11.8. The second-order valence-electron chi connectivity index (χ2n) is 5.34. The van der Waals surface area contributed by atoms with E-state index in [2.05, 4.69) is 27.7 Å². The molecule has 0 spiro atoms. The zero-order valence-electron chi connectivity index (χ0n) is 9.56. The number of likely N-dealkylation sites (tertiary alicyclic amines) is 1. The molecule has 1 aliphatic rings. The van der Waals surface area contributed by atoms with Crippen LogP contribution in [-0.2, 0) is 4.79 Å². The van der Waals surface area contributed by atoms with Crippen LogP contribution in [0.5, 0.6) is 0 Å². The van der Waals surface area contributed by atoms with Crippen LogP contribution in [0.3, 0.4) is 0 Å². The quantitative estimate of drug-likeness (QED) is 0.619. The summed E-state index contributed by atoms with van der Waals surface area (Å²) in [4.78, 5) is 13.8. The van der Waals surface area contributed by atoms with Crippen molar-refractivity contribution in [3.63, 3.8) is 0 Å². The number of hydrogen-bond acceptors (Lipinski definition) is 1. The molecule has 1 saturated heterocycles. The zero-order chi connectivity index (χ0) is 11.0. The minimum Gasteiger partial charge on any atom is -0.331 e. The number of rotatable bonds is 1. The summed E-state index contributed by atoms with van der Waals surface area (Å²) in [5.74, 6) is 0.147. The second kappa shape index (κ2) is 3.73. The van der Waals surface area contributed by atoms with Gasteiger partial charge in [0.1, 0.15) is 5.88 Å². The van der Waals surface area contributed by atoms with Crippen LogP contribution in [0.25, 0.3) is 0 Å². The molecular formula is C11H20ClNO. The Kier molecular flexibility index (Phi) is 3.15. The van der Waals surface area contributed by atoms with Crippen LogP contribution in [0.4, 0.5) is 0 Å². The maximum Gasteiger partial charge on any atom is 0.238 e. The molecule has 0 aliphatic carbocycles. The van der Waals surface area contributed by atoms with Crippen molar-refractivity contribution in [3.8, 4) is 0 Å². The Morgan fingerprint density at radius 3 is 2.00 bits per heavy atom. The van der Waals surface area contributed by atoms with Crippen LogP contribution in [0.15, 0.2) is 0 Å². The van der Waals surface area contributed by atoms with Gasteiger partial charge in [-0.2, -0.15) is 0 Å². The lowest BCUT2D eigenvalue weighted by Gasteiger charge is -2.52. The van der Waals surface area contributed by atoms with Crippen molar-refractivity contribution in [3.05, 3.63) is 0 Å². The first-order chi connectivity index (χ1) is 6.31. The summed E-state index contributed by atoms with van der Waals surface area (Å²) >= 11 is 5.65. The number of carbonyl (C=O) groups excluding carboxylic acids is 1. The summed E-state index contributed by atoms with van der Waals surface area (Å²) in [7, 11) is 0. The van der Waals surface area contributed by atoms with E-state index in [0.29, 0.717) is 0 Å². The third kappa shape index (κ3) is 2.05. The number of alkyl halides is 1. The van der Waals surface area contributed by atoms with Gasteiger partial charge in [-0.1, -0.05) is 0 Å². The number of carbonyl (C=O) groups is 1. The van der Waals surface area contributed by atoms with E-state index in [1.54, 1.807) is 0 Å². The molecule has 0 radical (unpaired) electrons. The van der Waals surface area contributed by atoms with E-state index in [-0.39, 0.29) is 22.9 Å². The lowest BCUT2D eigenvalue weighted by molar-refractivity contribution is -0.145. The van der Waals surface area contributed by atoms with Gasteiger partial charge in [0, 0.05) is 11.1 Å². The molecule has 0 saturated carbocycles. The zero-order valence-corrected chi connectivity index (χ0v) is 10.3. The first-order valence-corrected chi connectivity index (χ1v) is 5.74. The van der Waals surface area contributed by atoms with Crippen molar-refractivity contribution in [1.82, 2.24) is 4.90 Å². The Morgan fingerprint density at radius 1 is 1.21 bits per heavy atom. The highest BCUT2D eigenvalue weighted by atomic mass is 35.5. The highest BCUT2D eigenvalue weighted by molar-refractivity contribution is 6.27. The molecule has 0 unspecified atom stereocenters. The average Bonchev–Trinajstić information content (AvgIpc) is 2.00. The van der Waals surface area contributed by atoms with Gasteiger partial charge in [-0.3, -0.25) is 4.79 Å². The van der Waals surface area contributed by atoms with Gasteiger partial charge in [0.15, 0.2) is 0 Å². The van der Waals surface area contributed by atoms with Crippen LogP contribution < -0.4 is 0 Å². The van der Waals surface area contributed by atoms with Gasteiger partial charge in [0.25, 0.3) is 0 Å². The van der Waals surface area contributed by atoms with E-state index in [4.69, 9.17) is 11.6 Å². The molecule has 0 N–H and O–H groups in total. The topological polar surface area (TPSA) is 20.3 Å². The van der Waals surface area contributed by atoms with Crippen molar-refractivity contribution in [2.75, 3.05) is 5.88 Å². The molecule has 1 aliphatic heterocycles. The second-order valence-corrected chi connectivity index (χ2v) is 5.61. The molecule has 0 aromatic carbocycles. The summed E-state index contributed by atoms with van der Waals surface area (Å²) in [5.41, 5.74) is -0.0958. The summed E-state index contributed by atoms with van der Waals surface area (Å²) in [6, 6.07) is 0. The molecule has 1 rings (SSSR count). The number of halogens is 1. The van der Waals surface area contributed by atoms with Gasteiger partial charge in [0.2, 0.25) is 5.91 Å². The molecule has 1 amide bonds. The van der Waals surface area contributed by atoms with E-state index in [9.17, 15) is 4.79 Å². The molecule has 0 bridgehead atoms. The molecule has 0 aromatic rings. The Bertz CT molecular complexity index is 219. The molecule has 82 valence electrons. The third-order valence-electron chi connectivity index (χ3n) is 3.15. The Labute approximate surface area is 91.6 Å². The van der Waals surface area contributed by atoms with Gasteiger partial charge < -0.3 is 4.90 Å². The molecule has 1 fully saturated rings. The maximum absolute atomic E-state index is 11.8. The molecule has 0 aromatic heterocycles. The maximum atomic E-state index is 11.8. The largest absolute Gasteiger partial charge is 0.331 e. The highest BCUT2D eigenvalue weighted by Gasteiger charge is 2.43. The smallest absolute Gasteiger partial charge is 0.238 e. The van der Waals surface area contributed by atoms with E-state index in [0.717, 1.165) is 12.8 Å². The molecule has 2 nitrogen and oxygen atoms in total. The fourth-order valence-corrected chi connectivity index (χ4v) is 2.85. The summed E-state index contributed by atoms with van der Waals surface area (Å²) in [5, 5.41) is 0. The normalized spacial score (nSPS) is 24.8. The average molecular weight is 218 g/mol. The van der Waals surface area contributed by atoms with Crippen LogP contribution in [0.1, 0.15) is 47.0 Å². The number of amides is 1. The van der Waals surface area contributed by atoms with Crippen molar-refractivity contribution in [1.29, 1.82) is 0 Å². The van der Waals surface area contributed by atoms with E-state index in [1.807, 2.05) is 4.90 Å². The molecule has 1 heterocycles. The van der Waals surface area contributed by atoms with Gasteiger partial charge in [-0.25, -0.2) is 0 Å². The van der Waals surface area contributed by atoms with Gasteiger partial charge >= 0.3 is 0 Å². The highest BCUT2D eigenvalue weighted by Crippen LogP contribution is 2.38. The Morgan fingerprint density at radius 2 is 1.64 bits per heavy atom. The standard InChI is InChI=1S/C11H20ClNO/c1-10(2)6-5-7-11(3,4)13(10)9(14)8-12/h5-8H2,1-4H3. The number of piperidine rings is 1. The molecular weight excluding hydrogens is 198 g/mol. The van der Waals surface area contributed by atoms with Crippen LogP contribution >= 0.6 is 11.6 Å². The van der Waals surface area contributed by atoms with Gasteiger partial charge in [-0.05, 0) is 47.0 Å². The monoisotopic (exact) mass is 217 g/mol. The summed E-state index contributed by atoms with van der Waals surface area (Å²) < 4.78 is 0. The minimum absolute atomic E-state index is 0.0479. The van der Waals surface area contributed by atoms with Crippen LogP contribution in [-0.4, -0.2) is 27.8 Å². The minimum atomic E-state index is -0.0479. The summed E-state index contributed by atoms with van der Waals surface area (Å²) in [6.45, 7) is 8.49. The SMILES string of the molecule is CC1(C)CCCC(C)(C)N1C(=O)CCl. The van der Waals surface area contributed by atoms with Crippen LogP contribution in [0, 0.1) is 0 Å². The number of nitrogens with zero attached hydrogens (tertiary/aromatic N) is 1. The van der Waals surface area contributed by atoms with Crippen LogP contribution in [0.2, 0.25) is 0 Å². The van der Waals surface area contributed by atoms with Gasteiger partial charge in [0.05, 0.1) is 0 Å².